The minimum atomic E-state index is -0.895. The topological polar surface area (TPSA) is 116 Å². The number of hydrogen-bond donors (Lipinski definition) is 3. The van der Waals surface area contributed by atoms with E-state index in [1.165, 1.54) is 25.1 Å². The molecule has 1 saturated carbocycles. The molecule has 3 N–H and O–H groups in total. The van der Waals surface area contributed by atoms with Crippen LogP contribution in [0.25, 0.3) is 5.65 Å². The largest absolute Gasteiger partial charge is 0.326 e. The van der Waals surface area contributed by atoms with E-state index in [4.69, 9.17) is 9.97 Å². The Balaban J connectivity index is 1.31. The molecule has 5 heterocycles. The lowest BCUT2D eigenvalue weighted by molar-refractivity contribution is -0.120. The molecule has 0 aromatic carbocycles. The van der Waals surface area contributed by atoms with E-state index in [1.807, 2.05) is 40.6 Å². The third-order valence-corrected chi connectivity index (χ3v) is 6.59. The maximum absolute atomic E-state index is 13.5. The highest BCUT2D eigenvalue weighted by molar-refractivity contribution is 6.00. The summed E-state index contributed by atoms with van der Waals surface area (Å²) in [6.07, 6.45) is 6.99. The number of aromatic amines is 1. The van der Waals surface area contributed by atoms with Crippen molar-refractivity contribution in [2.45, 2.75) is 44.1 Å². The summed E-state index contributed by atoms with van der Waals surface area (Å²) in [6, 6.07) is 8.56. The molecule has 0 unspecified atom stereocenters. The van der Waals surface area contributed by atoms with Gasteiger partial charge in [-0.1, -0.05) is 0 Å². The van der Waals surface area contributed by atoms with Crippen molar-refractivity contribution in [1.29, 1.82) is 0 Å². The maximum atomic E-state index is 13.5. The summed E-state index contributed by atoms with van der Waals surface area (Å²) in [7, 11) is 0. The van der Waals surface area contributed by atoms with Crippen molar-refractivity contribution in [1.82, 2.24) is 29.5 Å². The van der Waals surface area contributed by atoms with Gasteiger partial charge in [0.1, 0.15) is 11.2 Å². The Kier molecular flexibility index (Phi) is 4.71. The van der Waals surface area contributed by atoms with Crippen molar-refractivity contribution < 1.29 is 9.18 Å². The van der Waals surface area contributed by atoms with Crippen molar-refractivity contribution in [2.24, 2.45) is 0 Å². The first-order valence-electron chi connectivity index (χ1n) is 11.4. The van der Waals surface area contributed by atoms with E-state index >= 15 is 0 Å². The van der Waals surface area contributed by atoms with Gasteiger partial charge in [-0.05, 0) is 50.8 Å². The second-order valence-corrected chi connectivity index (χ2v) is 9.04. The minimum Gasteiger partial charge on any atom is -0.326 e. The number of fused-ring (bicyclic) bond motifs is 1. The summed E-state index contributed by atoms with van der Waals surface area (Å²) < 4.78 is 15.4. The summed E-state index contributed by atoms with van der Waals surface area (Å²) >= 11 is 0. The molecule has 11 heteroatoms. The molecule has 1 atom stereocenters. The summed E-state index contributed by atoms with van der Waals surface area (Å²) in [5.41, 5.74) is 1.29. The van der Waals surface area contributed by atoms with E-state index in [2.05, 4.69) is 25.8 Å². The van der Waals surface area contributed by atoms with Crippen LogP contribution in [0.3, 0.4) is 0 Å². The molecule has 4 aromatic heterocycles. The van der Waals surface area contributed by atoms with Crippen LogP contribution < -0.4 is 15.5 Å². The van der Waals surface area contributed by atoms with Gasteiger partial charge in [0.2, 0.25) is 23.8 Å². The predicted molar refractivity (Wildman–Crippen MR) is 125 cm³/mol. The molecule has 1 saturated heterocycles. The lowest BCUT2D eigenvalue weighted by atomic mass is 9.97. The van der Waals surface area contributed by atoms with E-state index in [1.54, 1.807) is 6.07 Å². The average Bonchev–Trinajstić information content (AvgIpc) is 3.19. The van der Waals surface area contributed by atoms with Crippen LogP contribution in [-0.4, -0.2) is 47.5 Å². The van der Waals surface area contributed by atoms with Gasteiger partial charge in [0, 0.05) is 48.4 Å². The van der Waals surface area contributed by atoms with E-state index in [0.29, 0.717) is 47.9 Å². The van der Waals surface area contributed by atoms with Gasteiger partial charge in [-0.2, -0.15) is 19.5 Å². The molecule has 6 rings (SSSR count). The number of nitrogens with one attached hydrogen (secondary N) is 3. The number of hydrogen-bond acceptors (Lipinski definition) is 7. The summed E-state index contributed by atoms with van der Waals surface area (Å²) in [5, 5.41) is 13.6. The van der Waals surface area contributed by atoms with Crippen LogP contribution in [0.15, 0.2) is 42.7 Å². The first-order chi connectivity index (χ1) is 16.5. The molecule has 1 aliphatic carbocycles. The van der Waals surface area contributed by atoms with Crippen molar-refractivity contribution in [3.05, 3.63) is 54.4 Å². The van der Waals surface area contributed by atoms with Gasteiger partial charge >= 0.3 is 0 Å². The van der Waals surface area contributed by atoms with Gasteiger partial charge in [-0.25, -0.2) is 4.98 Å². The van der Waals surface area contributed by atoms with E-state index < -0.39 is 11.5 Å². The van der Waals surface area contributed by atoms with Crippen LogP contribution in [0.4, 0.5) is 27.8 Å². The molecule has 174 valence electrons. The maximum Gasteiger partial charge on any atom is 0.250 e. The molecule has 1 amide bonds. The van der Waals surface area contributed by atoms with Crippen LogP contribution in [0.1, 0.15) is 44.2 Å². The fourth-order valence-electron chi connectivity index (χ4n) is 4.51. The number of aromatic nitrogens is 6. The smallest absolute Gasteiger partial charge is 0.250 e. The third kappa shape index (κ3) is 3.62. The van der Waals surface area contributed by atoms with E-state index in [0.717, 1.165) is 12.1 Å². The van der Waals surface area contributed by atoms with Crippen LogP contribution in [0, 0.1) is 5.95 Å². The zero-order chi connectivity index (χ0) is 23.3. The van der Waals surface area contributed by atoms with E-state index in [-0.39, 0.29) is 5.91 Å². The van der Waals surface area contributed by atoms with Crippen LogP contribution in [-0.2, 0) is 4.79 Å². The number of pyridine rings is 1. The molecule has 0 spiro atoms. The molecular weight excluding hydrogens is 437 g/mol. The standard InChI is InChI=1S/C23H24FN9O/c1-23(20(34)26-15-7-9-25-17(24)12-15)8-3-11-33(23)22-28-19-4-2-10-32(19)21(29-22)27-18-13-16(30-31-18)14-5-6-14/h2,4,7,9-10,12-14H,3,5-6,8,11H2,1H3,(H,25,26,34)(H2,27,28,29,30,31)/t23-/m0/s1. The number of rotatable bonds is 6. The molecular formula is C23H24FN9O. The second-order valence-electron chi connectivity index (χ2n) is 9.04. The number of amides is 1. The molecule has 1 aliphatic heterocycles. The van der Waals surface area contributed by atoms with Crippen LogP contribution in [0.2, 0.25) is 0 Å². The molecule has 10 nitrogen and oxygen atoms in total. The first-order valence-corrected chi connectivity index (χ1v) is 11.4. The summed E-state index contributed by atoms with van der Waals surface area (Å²) in [5.74, 6) is 1.36. The average molecular weight is 462 g/mol. The van der Waals surface area contributed by atoms with Crippen molar-refractivity contribution in [3.8, 4) is 0 Å². The number of halogens is 1. The van der Waals surface area contributed by atoms with Gasteiger partial charge in [0.25, 0.3) is 0 Å². The molecule has 34 heavy (non-hydrogen) atoms. The van der Waals surface area contributed by atoms with Gasteiger partial charge in [-0.15, -0.1) is 0 Å². The Morgan fingerprint density at radius 2 is 2.15 bits per heavy atom. The Morgan fingerprint density at radius 1 is 1.26 bits per heavy atom. The zero-order valence-electron chi connectivity index (χ0n) is 18.6. The monoisotopic (exact) mass is 461 g/mol. The molecule has 0 radical (unpaired) electrons. The number of carbonyl (C=O) groups excluding carboxylic acids is 1. The number of nitrogens with zero attached hydrogens (tertiary/aromatic N) is 6. The number of carbonyl (C=O) groups is 1. The SMILES string of the molecule is C[C@@]1(C(=O)Nc2ccnc(F)c2)CCCN1c1nc(Nc2cc(C3CC3)[nH]n2)n2cccc2n1. The Hall–Kier alpha value is -4.02. The van der Waals surface area contributed by atoms with Gasteiger partial charge in [0.15, 0.2) is 5.82 Å². The zero-order valence-corrected chi connectivity index (χ0v) is 18.6. The lowest BCUT2D eigenvalue weighted by Crippen LogP contribution is -2.51. The van der Waals surface area contributed by atoms with Gasteiger partial charge in [0.05, 0.1) is 0 Å². The highest BCUT2D eigenvalue weighted by Crippen LogP contribution is 2.40. The Morgan fingerprint density at radius 3 is 2.97 bits per heavy atom. The number of anilines is 4. The predicted octanol–water partition coefficient (Wildman–Crippen LogP) is 3.61. The Bertz CT molecular complexity index is 1380. The van der Waals surface area contributed by atoms with Gasteiger partial charge in [-0.3, -0.25) is 14.3 Å². The quantitative estimate of drug-likeness (QED) is 0.376. The summed E-state index contributed by atoms with van der Waals surface area (Å²) in [4.78, 5) is 28.3. The molecule has 4 aromatic rings. The minimum absolute atomic E-state index is 0.245. The van der Waals surface area contributed by atoms with E-state index in [9.17, 15) is 9.18 Å². The van der Waals surface area contributed by atoms with Crippen LogP contribution in [0.5, 0.6) is 0 Å². The lowest BCUT2D eigenvalue weighted by Gasteiger charge is -2.34. The van der Waals surface area contributed by atoms with Gasteiger partial charge < -0.3 is 15.5 Å². The third-order valence-electron chi connectivity index (χ3n) is 6.59. The molecule has 2 aliphatic rings. The van der Waals surface area contributed by atoms with Crippen molar-refractivity contribution in [3.63, 3.8) is 0 Å². The number of H-pyrrole nitrogens is 1. The van der Waals surface area contributed by atoms with Crippen molar-refractivity contribution >= 4 is 35.0 Å². The van der Waals surface area contributed by atoms with Crippen molar-refractivity contribution in [2.75, 3.05) is 22.1 Å². The molecule has 2 fully saturated rings. The first kappa shape index (κ1) is 20.6. The Labute approximate surface area is 194 Å². The second kappa shape index (κ2) is 7.79. The molecule has 0 bridgehead atoms. The fraction of sp³-hybridized carbons (Fsp3) is 0.348. The van der Waals surface area contributed by atoms with Crippen LogP contribution >= 0.6 is 0 Å². The highest BCUT2D eigenvalue weighted by atomic mass is 19.1. The normalized spacial score (nSPS) is 20.1. The fourth-order valence-corrected chi connectivity index (χ4v) is 4.51. The highest BCUT2D eigenvalue weighted by Gasteiger charge is 2.45. The summed E-state index contributed by atoms with van der Waals surface area (Å²) in [6.45, 7) is 2.49.